The number of fused-ring (bicyclic) bond motifs is 3. The number of amides is 1. The Kier molecular flexibility index (Phi) is 5.52. The maximum absolute atomic E-state index is 13.4. The Balaban J connectivity index is 1.68. The van der Waals surface area contributed by atoms with E-state index in [1.54, 1.807) is 11.6 Å². The molecule has 154 valence electrons. The number of anilines is 1. The van der Waals surface area contributed by atoms with Gasteiger partial charge in [-0.25, -0.2) is 4.98 Å². The molecule has 2 aromatic carbocycles. The van der Waals surface area contributed by atoms with E-state index in [4.69, 9.17) is 4.98 Å². The second-order valence-corrected chi connectivity index (χ2v) is 8.88. The summed E-state index contributed by atoms with van der Waals surface area (Å²) in [4.78, 5) is 30.6. The first-order valence-electron chi connectivity index (χ1n) is 10.1. The highest BCUT2D eigenvalue weighted by Gasteiger charge is 2.37. The number of rotatable bonds is 5. The molecule has 0 saturated heterocycles. The number of aromatic nitrogens is 2. The van der Waals surface area contributed by atoms with Crippen LogP contribution in [0.3, 0.4) is 0 Å². The maximum atomic E-state index is 13.4. The molecule has 1 N–H and O–H groups in total. The molecule has 0 radical (unpaired) electrons. The molecule has 0 fully saturated rings. The summed E-state index contributed by atoms with van der Waals surface area (Å²) in [5.41, 5.74) is 4.26. The first kappa shape index (κ1) is 20.4. The van der Waals surface area contributed by atoms with Crippen LogP contribution in [-0.2, 0) is 23.7 Å². The first-order valence-corrected chi connectivity index (χ1v) is 11.1. The van der Waals surface area contributed by atoms with Crippen molar-refractivity contribution in [2.24, 2.45) is 7.05 Å². The molecule has 4 rings (SSSR count). The monoisotopic (exact) mass is 419 g/mol. The van der Waals surface area contributed by atoms with E-state index in [1.807, 2.05) is 48.5 Å². The molecule has 1 unspecified atom stereocenters. The van der Waals surface area contributed by atoms with Gasteiger partial charge in [-0.3, -0.25) is 14.2 Å². The molecule has 0 spiro atoms. The predicted molar refractivity (Wildman–Crippen MR) is 122 cm³/mol. The second-order valence-electron chi connectivity index (χ2n) is 7.93. The van der Waals surface area contributed by atoms with Gasteiger partial charge in [-0.1, -0.05) is 68.1 Å². The number of hydrogen-bond acceptors (Lipinski definition) is 4. The van der Waals surface area contributed by atoms with Crippen molar-refractivity contribution in [2.45, 2.75) is 37.3 Å². The fraction of sp³-hybridized carbons (Fsp3) is 0.292. The van der Waals surface area contributed by atoms with Gasteiger partial charge >= 0.3 is 0 Å². The van der Waals surface area contributed by atoms with Crippen LogP contribution in [0.4, 0.5) is 5.69 Å². The number of hydrogen-bond donors (Lipinski definition) is 1. The molecule has 6 heteroatoms. The van der Waals surface area contributed by atoms with Crippen LogP contribution in [0.25, 0.3) is 11.3 Å². The summed E-state index contributed by atoms with van der Waals surface area (Å²) in [7, 11) is 1.74. The lowest BCUT2D eigenvalue weighted by Gasteiger charge is -2.35. The minimum Gasteiger partial charge on any atom is -0.325 e. The third kappa shape index (κ3) is 3.67. The van der Waals surface area contributed by atoms with Gasteiger partial charge < -0.3 is 5.32 Å². The summed E-state index contributed by atoms with van der Waals surface area (Å²) >= 11 is 1.28. The number of carbonyl (C=O) groups is 1. The van der Waals surface area contributed by atoms with E-state index in [2.05, 4.69) is 25.2 Å². The topological polar surface area (TPSA) is 64.0 Å². The van der Waals surface area contributed by atoms with Gasteiger partial charge in [0.25, 0.3) is 5.56 Å². The highest BCUT2D eigenvalue weighted by molar-refractivity contribution is 7.99. The van der Waals surface area contributed by atoms with Crippen molar-refractivity contribution >= 4 is 23.4 Å². The third-order valence-corrected chi connectivity index (χ3v) is 6.91. The van der Waals surface area contributed by atoms with E-state index in [-0.39, 0.29) is 22.6 Å². The van der Waals surface area contributed by atoms with Crippen molar-refractivity contribution in [1.82, 2.24) is 9.55 Å². The van der Waals surface area contributed by atoms with E-state index in [1.165, 1.54) is 17.3 Å². The highest BCUT2D eigenvalue weighted by Crippen LogP contribution is 2.42. The van der Waals surface area contributed by atoms with Crippen LogP contribution in [0.5, 0.6) is 0 Å². The standard InChI is InChI=1S/C24H25N3O2S/c1-4-24(2)14-16-10-8-9-13-18(16)21-20(24)22(29)27(3)23(26-21)30-15-19(28)25-17-11-6-5-7-12-17/h5-13H,4,14-15H2,1-3H3,(H,25,28). The Labute approximate surface area is 180 Å². The molecule has 1 aliphatic carbocycles. The number of nitrogens with zero attached hydrogens (tertiary/aromatic N) is 2. The molecule has 0 bridgehead atoms. The molecule has 0 aliphatic heterocycles. The summed E-state index contributed by atoms with van der Waals surface area (Å²) in [6, 6.07) is 17.5. The lowest BCUT2D eigenvalue weighted by Crippen LogP contribution is -2.39. The summed E-state index contributed by atoms with van der Waals surface area (Å²) in [6.07, 6.45) is 1.69. The molecule has 0 saturated carbocycles. The lowest BCUT2D eigenvalue weighted by atomic mass is 9.69. The number of thioether (sulfide) groups is 1. The van der Waals surface area contributed by atoms with Crippen LogP contribution in [0.15, 0.2) is 64.5 Å². The van der Waals surface area contributed by atoms with Gasteiger partial charge in [0.15, 0.2) is 5.16 Å². The zero-order chi connectivity index (χ0) is 21.3. The average Bonchev–Trinajstić information content (AvgIpc) is 2.75. The molecule has 1 heterocycles. The second kappa shape index (κ2) is 8.11. The highest BCUT2D eigenvalue weighted by atomic mass is 32.2. The Hall–Kier alpha value is -2.86. The van der Waals surface area contributed by atoms with Gasteiger partial charge in [0.05, 0.1) is 17.0 Å². The van der Waals surface area contributed by atoms with E-state index >= 15 is 0 Å². The number of benzene rings is 2. The molecule has 30 heavy (non-hydrogen) atoms. The maximum Gasteiger partial charge on any atom is 0.258 e. The zero-order valence-electron chi connectivity index (χ0n) is 17.4. The predicted octanol–water partition coefficient (Wildman–Crippen LogP) is 4.40. The zero-order valence-corrected chi connectivity index (χ0v) is 18.3. The quantitative estimate of drug-likeness (QED) is 0.492. The first-order chi connectivity index (χ1) is 14.4. The normalized spacial score (nSPS) is 17.2. The lowest BCUT2D eigenvalue weighted by molar-refractivity contribution is -0.113. The van der Waals surface area contributed by atoms with Crippen molar-refractivity contribution in [2.75, 3.05) is 11.1 Å². The Morgan fingerprint density at radius 1 is 1.17 bits per heavy atom. The number of carbonyl (C=O) groups excluding carboxylic acids is 1. The van der Waals surface area contributed by atoms with Gasteiger partial charge in [0, 0.05) is 23.7 Å². The van der Waals surface area contributed by atoms with Gasteiger partial charge in [-0.15, -0.1) is 0 Å². The summed E-state index contributed by atoms with van der Waals surface area (Å²) in [6.45, 7) is 4.26. The van der Waals surface area contributed by atoms with Gasteiger partial charge in [-0.2, -0.15) is 0 Å². The van der Waals surface area contributed by atoms with Gasteiger partial charge in [0.1, 0.15) is 0 Å². The molecule has 1 amide bonds. The SMILES string of the molecule is CCC1(C)Cc2ccccc2-c2nc(SCC(=O)Nc3ccccc3)n(C)c(=O)c21. The van der Waals surface area contributed by atoms with Crippen molar-refractivity contribution in [1.29, 1.82) is 0 Å². The summed E-state index contributed by atoms with van der Waals surface area (Å²) < 4.78 is 1.58. The molecular weight excluding hydrogens is 394 g/mol. The molecule has 1 aliphatic rings. The van der Waals surface area contributed by atoms with Crippen LogP contribution in [0.1, 0.15) is 31.4 Å². The van der Waals surface area contributed by atoms with Crippen molar-refractivity contribution in [3.63, 3.8) is 0 Å². The number of para-hydroxylation sites is 1. The fourth-order valence-electron chi connectivity index (χ4n) is 4.02. The van der Waals surface area contributed by atoms with Crippen molar-refractivity contribution in [3.8, 4) is 11.3 Å². The summed E-state index contributed by atoms with van der Waals surface area (Å²) in [5.74, 6) is 0.0534. The minimum atomic E-state index is -0.251. The van der Waals surface area contributed by atoms with Crippen LogP contribution in [0.2, 0.25) is 0 Å². The Morgan fingerprint density at radius 2 is 1.87 bits per heavy atom. The van der Waals surface area contributed by atoms with Gasteiger partial charge in [0.2, 0.25) is 5.91 Å². The third-order valence-electron chi connectivity index (χ3n) is 5.88. The Morgan fingerprint density at radius 3 is 2.60 bits per heavy atom. The van der Waals surface area contributed by atoms with Crippen LogP contribution < -0.4 is 10.9 Å². The molecule has 1 aromatic heterocycles. The van der Waals surface area contributed by atoms with Crippen LogP contribution in [-0.4, -0.2) is 21.2 Å². The van der Waals surface area contributed by atoms with Gasteiger partial charge in [-0.05, 0) is 30.5 Å². The molecular formula is C24H25N3O2S. The van der Waals surface area contributed by atoms with Crippen LogP contribution >= 0.6 is 11.8 Å². The average molecular weight is 420 g/mol. The molecule has 3 aromatic rings. The van der Waals surface area contributed by atoms with Crippen LogP contribution in [0, 0.1) is 0 Å². The summed E-state index contributed by atoms with van der Waals surface area (Å²) in [5, 5.41) is 3.42. The van der Waals surface area contributed by atoms with E-state index < -0.39 is 0 Å². The van der Waals surface area contributed by atoms with Crippen molar-refractivity contribution in [3.05, 3.63) is 76.1 Å². The van der Waals surface area contributed by atoms with E-state index in [0.29, 0.717) is 5.16 Å². The Bertz CT molecular complexity index is 1160. The fourth-order valence-corrected chi connectivity index (χ4v) is 4.78. The smallest absolute Gasteiger partial charge is 0.258 e. The minimum absolute atomic E-state index is 0.0233. The number of nitrogens with one attached hydrogen (secondary N) is 1. The van der Waals surface area contributed by atoms with E-state index in [0.717, 1.165) is 35.3 Å². The largest absolute Gasteiger partial charge is 0.325 e. The molecule has 5 nitrogen and oxygen atoms in total. The molecule has 1 atom stereocenters. The van der Waals surface area contributed by atoms with E-state index in [9.17, 15) is 9.59 Å². The van der Waals surface area contributed by atoms with Crippen molar-refractivity contribution < 1.29 is 4.79 Å².